The van der Waals surface area contributed by atoms with Crippen LogP contribution in [0.3, 0.4) is 0 Å². The number of nitrogens with one attached hydrogen (secondary N) is 1. The van der Waals surface area contributed by atoms with Crippen molar-refractivity contribution in [1.29, 1.82) is 0 Å². The third-order valence-corrected chi connectivity index (χ3v) is 3.99. The van der Waals surface area contributed by atoms with Gasteiger partial charge in [0, 0.05) is 24.7 Å². The molecule has 1 aromatic heterocycles. The minimum Gasteiger partial charge on any atom is -0.359 e. The Labute approximate surface area is 140 Å². The predicted molar refractivity (Wildman–Crippen MR) is 91.7 cm³/mol. The Balaban J connectivity index is 1.64. The molecule has 0 bridgehead atoms. The second-order valence-corrected chi connectivity index (χ2v) is 5.76. The molecule has 6 nitrogen and oxygen atoms in total. The molecule has 3 rings (SSSR count). The molecule has 0 atom stereocenters. The third kappa shape index (κ3) is 3.37. The van der Waals surface area contributed by atoms with Crippen LogP contribution in [0.2, 0.25) is 0 Å². The number of rotatable bonds is 4. The summed E-state index contributed by atoms with van der Waals surface area (Å²) in [6.45, 7) is 4.29. The monoisotopic (exact) mass is 325 g/mol. The molecule has 6 heteroatoms. The number of aryl methyl sites for hydroxylation is 2. The molecule has 0 spiro atoms. The van der Waals surface area contributed by atoms with E-state index >= 15 is 0 Å². The quantitative estimate of drug-likeness (QED) is 0.877. The first kappa shape index (κ1) is 16.0. The first-order valence-corrected chi connectivity index (χ1v) is 7.87. The van der Waals surface area contributed by atoms with Crippen LogP contribution in [-0.4, -0.2) is 23.5 Å². The molecular formula is C18H19N3O3. The van der Waals surface area contributed by atoms with Crippen LogP contribution in [0.15, 0.2) is 34.9 Å². The SMILES string of the molecule is Cc1noc(C)c1NC(=O)C=Cc1ccc(N2CCCC2=O)cc1. The van der Waals surface area contributed by atoms with E-state index in [1.165, 1.54) is 6.08 Å². The average Bonchev–Trinajstić information content (AvgIpc) is 3.14. The summed E-state index contributed by atoms with van der Waals surface area (Å²) in [7, 11) is 0. The molecule has 24 heavy (non-hydrogen) atoms. The second kappa shape index (κ2) is 6.70. The van der Waals surface area contributed by atoms with Crippen molar-refractivity contribution in [3.8, 4) is 0 Å². The lowest BCUT2D eigenvalue weighted by Crippen LogP contribution is -2.23. The van der Waals surface area contributed by atoms with Crippen LogP contribution in [0, 0.1) is 13.8 Å². The van der Waals surface area contributed by atoms with Crippen molar-refractivity contribution < 1.29 is 14.1 Å². The zero-order valence-electron chi connectivity index (χ0n) is 13.7. The number of carbonyl (C=O) groups excluding carboxylic acids is 2. The summed E-state index contributed by atoms with van der Waals surface area (Å²) in [5, 5.41) is 6.55. The number of carbonyl (C=O) groups is 2. The summed E-state index contributed by atoms with van der Waals surface area (Å²) >= 11 is 0. The van der Waals surface area contributed by atoms with E-state index in [2.05, 4.69) is 10.5 Å². The minimum absolute atomic E-state index is 0.164. The van der Waals surface area contributed by atoms with E-state index in [1.807, 2.05) is 24.3 Å². The van der Waals surface area contributed by atoms with Crippen LogP contribution in [0.4, 0.5) is 11.4 Å². The Morgan fingerprint density at radius 1 is 1.29 bits per heavy atom. The second-order valence-electron chi connectivity index (χ2n) is 5.76. The van der Waals surface area contributed by atoms with Gasteiger partial charge in [-0.05, 0) is 44.0 Å². The first-order valence-electron chi connectivity index (χ1n) is 7.87. The number of nitrogens with zero attached hydrogens (tertiary/aromatic N) is 2. The number of hydrogen-bond donors (Lipinski definition) is 1. The Bertz CT molecular complexity index is 771. The Kier molecular flexibility index (Phi) is 4.46. The van der Waals surface area contributed by atoms with Crippen molar-refractivity contribution in [3.63, 3.8) is 0 Å². The molecule has 0 saturated carbocycles. The summed E-state index contributed by atoms with van der Waals surface area (Å²) in [5.74, 6) is 0.495. The third-order valence-electron chi connectivity index (χ3n) is 3.99. The summed E-state index contributed by atoms with van der Waals surface area (Å²) in [6.07, 6.45) is 4.71. The Morgan fingerprint density at radius 3 is 2.62 bits per heavy atom. The van der Waals surface area contributed by atoms with E-state index in [0.717, 1.165) is 24.2 Å². The Morgan fingerprint density at radius 2 is 2.04 bits per heavy atom. The van der Waals surface area contributed by atoms with Crippen molar-refractivity contribution in [1.82, 2.24) is 5.16 Å². The fourth-order valence-electron chi connectivity index (χ4n) is 2.68. The molecule has 0 radical (unpaired) electrons. The lowest BCUT2D eigenvalue weighted by molar-refractivity contribution is -0.117. The minimum atomic E-state index is -0.247. The summed E-state index contributed by atoms with van der Waals surface area (Å²) < 4.78 is 5.01. The molecule has 1 saturated heterocycles. The van der Waals surface area contributed by atoms with E-state index in [-0.39, 0.29) is 11.8 Å². The maximum atomic E-state index is 12.0. The molecular weight excluding hydrogens is 306 g/mol. The highest BCUT2D eigenvalue weighted by molar-refractivity contribution is 6.02. The number of amides is 2. The van der Waals surface area contributed by atoms with Crippen molar-refractivity contribution >= 4 is 29.3 Å². The van der Waals surface area contributed by atoms with Gasteiger partial charge in [0.15, 0.2) is 5.76 Å². The van der Waals surface area contributed by atoms with Gasteiger partial charge in [0.05, 0.1) is 0 Å². The fraction of sp³-hybridized carbons (Fsp3) is 0.278. The van der Waals surface area contributed by atoms with Gasteiger partial charge in [-0.15, -0.1) is 0 Å². The van der Waals surface area contributed by atoms with E-state index in [1.54, 1.807) is 24.8 Å². The summed E-state index contributed by atoms with van der Waals surface area (Å²) in [5.41, 5.74) is 3.04. The van der Waals surface area contributed by atoms with Crippen molar-refractivity contribution in [2.75, 3.05) is 16.8 Å². The van der Waals surface area contributed by atoms with Crippen molar-refractivity contribution in [2.24, 2.45) is 0 Å². The number of anilines is 2. The predicted octanol–water partition coefficient (Wildman–Crippen LogP) is 3.07. The molecule has 1 aromatic carbocycles. The lowest BCUT2D eigenvalue weighted by atomic mass is 10.2. The summed E-state index contributed by atoms with van der Waals surface area (Å²) in [6, 6.07) is 7.57. The largest absolute Gasteiger partial charge is 0.359 e. The molecule has 1 N–H and O–H groups in total. The molecule has 2 aromatic rings. The van der Waals surface area contributed by atoms with Crippen LogP contribution in [0.25, 0.3) is 6.08 Å². The maximum Gasteiger partial charge on any atom is 0.248 e. The van der Waals surface area contributed by atoms with Gasteiger partial charge in [-0.3, -0.25) is 9.59 Å². The number of aromatic nitrogens is 1. The van der Waals surface area contributed by atoms with Crippen LogP contribution >= 0.6 is 0 Å². The molecule has 1 aliphatic rings. The van der Waals surface area contributed by atoms with Gasteiger partial charge in [-0.1, -0.05) is 17.3 Å². The molecule has 0 unspecified atom stereocenters. The van der Waals surface area contributed by atoms with Crippen LogP contribution in [0.1, 0.15) is 29.9 Å². The standard InChI is InChI=1S/C18H19N3O3/c1-12-18(13(2)24-20-12)19-16(22)10-7-14-5-8-15(9-6-14)21-11-3-4-17(21)23/h5-10H,3-4,11H2,1-2H3,(H,19,22). The van der Waals surface area contributed by atoms with Gasteiger partial charge < -0.3 is 14.7 Å². The van der Waals surface area contributed by atoms with Crippen LogP contribution in [0.5, 0.6) is 0 Å². The van der Waals surface area contributed by atoms with E-state index in [4.69, 9.17) is 4.52 Å². The highest BCUT2D eigenvalue weighted by atomic mass is 16.5. The van der Waals surface area contributed by atoms with Crippen molar-refractivity contribution in [3.05, 3.63) is 47.4 Å². The number of hydrogen-bond acceptors (Lipinski definition) is 4. The fourth-order valence-corrected chi connectivity index (χ4v) is 2.68. The molecule has 1 fully saturated rings. The van der Waals surface area contributed by atoms with E-state index < -0.39 is 0 Å². The number of benzene rings is 1. The molecule has 2 heterocycles. The van der Waals surface area contributed by atoms with E-state index in [9.17, 15) is 9.59 Å². The lowest BCUT2D eigenvalue weighted by Gasteiger charge is -2.15. The zero-order valence-corrected chi connectivity index (χ0v) is 13.7. The van der Waals surface area contributed by atoms with E-state index in [0.29, 0.717) is 23.6 Å². The van der Waals surface area contributed by atoms with Gasteiger partial charge in [0.25, 0.3) is 0 Å². The first-order chi connectivity index (χ1) is 11.5. The highest BCUT2D eigenvalue weighted by Gasteiger charge is 2.21. The van der Waals surface area contributed by atoms with Crippen LogP contribution < -0.4 is 10.2 Å². The van der Waals surface area contributed by atoms with Gasteiger partial charge in [0.2, 0.25) is 11.8 Å². The van der Waals surface area contributed by atoms with Crippen LogP contribution in [-0.2, 0) is 9.59 Å². The maximum absolute atomic E-state index is 12.0. The van der Waals surface area contributed by atoms with Gasteiger partial charge in [0.1, 0.15) is 11.4 Å². The summed E-state index contributed by atoms with van der Waals surface area (Å²) in [4.78, 5) is 25.5. The highest BCUT2D eigenvalue weighted by Crippen LogP contribution is 2.22. The van der Waals surface area contributed by atoms with Gasteiger partial charge in [-0.25, -0.2) is 0 Å². The Hall–Kier alpha value is -2.89. The molecule has 124 valence electrons. The molecule has 0 aliphatic carbocycles. The molecule has 2 amide bonds. The zero-order chi connectivity index (χ0) is 17.1. The molecule has 1 aliphatic heterocycles. The van der Waals surface area contributed by atoms with Gasteiger partial charge in [-0.2, -0.15) is 0 Å². The topological polar surface area (TPSA) is 75.4 Å². The van der Waals surface area contributed by atoms with Crippen molar-refractivity contribution in [2.45, 2.75) is 26.7 Å². The van der Waals surface area contributed by atoms with Gasteiger partial charge >= 0.3 is 0 Å². The smallest absolute Gasteiger partial charge is 0.248 e. The average molecular weight is 325 g/mol. The normalized spacial score (nSPS) is 14.6.